The van der Waals surface area contributed by atoms with Crippen LogP contribution in [0.15, 0.2) is 12.2 Å². The fourth-order valence-electron chi connectivity index (χ4n) is 2.50. The highest BCUT2D eigenvalue weighted by atomic mass is 16.5. The summed E-state index contributed by atoms with van der Waals surface area (Å²) in [5.74, 6) is -2.82. The molecule has 0 saturated carbocycles. The number of carboxylic acid groups (broad SMARTS) is 1. The van der Waals surface area contributed by atoms with Crippen LogP contribution in [0.2, 0.25) is 0 Å². The molecule has 154 valence electrons. The molecule has 10 nitrogen and oxygen atoms in total. The lowest BCUT2D eigenvalue weighted by atomic mass is 9.94. The van der Waals surface area contributed by atoms with Crippen LogP contribution in [0.3, 0.4) is 0 Å². The second kappa shape index (κ2) is 9.27. The fourth-order valence-corrected chi connectivity index (χ4v) is 2.50. The zero-order chi connectivity index (χ0) is 20.9. The van der Waals surface area contributed by atoms with E-state index in [1.165, 1.54) is 6.08 Å². The molecule has 1 heterocycles. The first-order valence-corrected chi connectivity index (χ1v) is 8.47. The van der Waals surface area contributed by atoms with Gasteiger partial charge in [-0.2, -0.15) is 0 Å². The Balaban J connectivity index is 2.75. The third-order valence-corrected chi connectivity index (χ3v) is 4.03. The summed E-state index contributed by atoms with van der Waals surface area (Å²) in [5, 5.41) is 43.7. The van der Waals surface area contributed by atoms with Crippen LogP contribution in [0.4, 0.5) is 0 Å². The number of carbonyl (C=O) groups excluding carboxylic acids is 2. The number of amides is 2. The molecular weight excluding hydrogens is 360 g/mol. The largest absolute Gasteiger partial charge is 0.480 e. The number of aliphatic hydroxyl groups excluding tert-OH is 3. The molecule has 0 aromatic carbocycles. The Hall–Kier alpha value is -2.01. The molecule has 6 N–H and O–H groups in total. The van der Waals surface area contributed by atoms with E-state index in [1.807, 2.05) is 20.8 Å². The molecule has 10 heteroatoms. The van der Waals surface area contributed by atoms with Gasteiger partial charge in [-0.15, -0.1) is 0 Å². The van der Waals surface area contributed by atoms with Crippen LogP contribution in [0, 0.1) is 5.41 Å². The van der Waals surface area contributed by atoms with Crippen LogP contribution < -0.4 is 10.6 Å². The van der Waals surface area contributed by atoms with Gasteiger partial charge in [0, 0.05) is 13.5 Å². The molecule has 1 fully saturated rings. The predicted octanol–water partition coefficient (Wildman–Crippen LogP) is -1.86. The van der Waals surface area contributed by atoms with Crippen molar-refractivity contribution in [2.24, 2.45) is 5.41 Å². The van der Waals surface area contributed by atoms with Crippen molar-refractivity contribution in [1.82, 2.24) is 10.6 Å². The Labute approximate surface area is 157 Å². The van der Waals surface area contributed by atoms with Crippen molar-refractivity contribution < 1.29 is 39.5 Å². The third kappa shape index (κ3) is 6.58. The fraction of sp³-hybridized carbons (Fsp3) is 0.706. The quantitative estimate of drug-likeness (QED) is 0.264. The number of carbonyl (C=O) groups is 3. The lowest BCUT2D eigenvalue weighted by Crippen LogP contribution is -2.54. The number of aliphatic carboxylic acids is 1. The van der Waals surface area contributed by atoms with E-state index in [0.29, 0.717) is 0 Å². The molecule has 0 aliphatic carbocycles. The number of carboxylic acids is 1. The van der Waals surface area contributed by atoms with Crippen molar-refractivity contribution in [2.45, 2.75) is 63.7 Å². The van der Waals surface area contributed by atoms with Crippen molar-refractivity contribution in [1.29, 1.82) is 0 Å². The summed E-state index contributed by atoms with van der Waals surface area (Å²) in [4.78, 5) is 35.0. The molecule has 1 aliphatic heterocycles. The number of hydrogen-bond donors (Lipinski definition) is 6. The van der Waals surface area contributed by atoms with Crippen molar-refractivity contribution in [2.75, 3.05) is 7.11 Å². The summed E-state index contributed by atoms with van der Waals surface area (Å²) in [6.45, 7) is 5.63. The average Bonchev–Trinajstić information content (AvgIpc) is 2.92. The lowest BCUT2D eigenvalue weighted by Gasteiger charge is -2.27. The van der Waals surface area contributed by atoms with Crippen molar-refractivity contribution in [3.63, 3.8) is 0 Å². The van der Waals surface area contributed by atoms with Crippen molar-refractivity contribution in [3.8, 4) is 0 Å². The van der Waals surface area contributed by atoms with Crippen molar-refractivity contribution >= 4 is 17.8 Å². The number of hydrogen-bond acceptors (Lipinski definition) is 7. The molecule has 0 spiro atoms. The highest BCUT2D eigenvalue weighted by Crippen LogP contribution is 2.17. The SMILES string of the molecule is CO[C@@H](C(=O)NC1CC(C(=O)O)NC1=O)[C@H](O)[C@@H](O)[C@H](O)C=CC(C)(C)C. The van der Waals surface area contributed by atoms with Gasteiger partial charge < -0.3 is 35.8 Å². The van der Waals surface area contributed by atoms with Gasteiger partial charge in [0.05, 0.1) is 0 Å². The standard InChI is InChI=1S/C17H28N2O8/c1-17(2,3)6-5-10(20)11(21)12(22)13(27-4)15(24)18-8-7-9(16(25)26)19-14(8)23/h5-6,8-13,20-22H,7H2,1-4H3,(H,18,24)(H,19,23)(H,25,26)/t8?,9?,10-,11+,12-,13-/m1/s1. The summed E-state index contributed by atoms with van der Waals surface area (Å²) in [6.07, 6.45) is -3.74. The first-order chi connectivity index (χ1) is 12.4. The number of rotatable bonds is 8. The van der Waals surface area contributed by atoms with E-state index in [2.05, 4.69) is 10.6 Å². The smallest absolute Gasteiger partial charge is 0.326 e. The Bertz CT molecular complexity index is 586. The van der Waals surface area contributed by atoms with E-state index >= 15 is 0 Å². The van der Waals surface area contributed by atoms with E-state index in [-0.39, 0.29) is 11.8 Å². The first kappa shape index (κ1) is 23.0. The van der Waals surface area contributed by atoms with E-state index in [4.69, 9.17) is 9.84 Å². The van der Waals surface area contributed by atoms with Gasteiger partial charge in [0.2, 0.25) is 5.91 Å². The molecule has 1 aliphatic rings. The number of aliphatic hydroxyl groups is 3. The molecule has 0 radical (unpaired) electrons. The van der Waals surface area contributed by atoms with Crippen LogP contribution in [0.5, 0.6) is 0 Å². The zero-order valence-electron chi connectivity index (χ0n) is 15.7. The number of methoxy groups -OCH3 is 1. The molecule has 0 aromatic rings. The molecule has 1 rings (SSSR count). The molecule has 2 unspecified atom stereocenters. The normalized spacial score (nSPS) is 24.9. The van der Waals surface area contributed by atoms with Gasteiger partial charge >= 0.3 is 5.97 Å². The maximum atomic E-state index is 12.3. The van der Waals surface area contributed by atoms with E-state index < -0.39 is 54.3 Å². The zero-order valence-corrected chi connectivity index (χ0v) is 15.7. The number of allylic oxidation sites excluding steroid dienone is 1. The topological polar surface area (TPSA) is 165 Å². The van der Waals surface area contributed by atoms with Gasteiger partial charge in [0.25, 0.3) is 5.91 Å². The lowest BCUT2D eigenvalue weighted by molar-refractivity contribution is -0.150. The van der Waals surface area contributed by atoms with E-state index in [0.717, 1.165) is 7.11 Å². The monoisotopic (exact) mass is 388 g/mol. The van der Waals surface area contributed by atoms with Crippen LogP contribution >= 0.6 is 0 Å². The Morgan fingerprint density at radius 3 is 2.30 bits per heavy atom. The highest BCUT2D eigenvalue weighted by Gasteiger charge is 2.40. The minimum atomic E-state index is -1.78. The third-order valence-electron chi connectivity index (χ3n) is 4.03. The van der Waals surface area contributed by atoms with Gasteiger partial charge in [0.15, 0.2) is 6.10 Å². The minimum absolute atomic E-state index is 0.161. The predicted molar refractivity (Wildman–Crippen MR) is 93.5 cm³/mol. The second-order valence-corrected chi connectivity index (χ2v) is 7.55. The highest BCUT2D eigenvalue weighted by molar-refractivity contribution is 5.94. The molecule has 2 amide bonds. The van der Waals surface area contributed by atoms with E-state index in [9.17, 15) is 29.7 Å². The Kier molecular flexibility index (Phi) is 7.90. The maximum Gasteiger partial charge on any atom is 0.326 e. The van der Waals surface area contributed by atoms with Crippen molar-refractivity contribution in [3.05, 3.63) is 12.2 Å². The summed E-state index contributed by atoms with van der Waals surface area (Å²) >= 11 is 0. The summed E-state index contributed by atoms with van der Waals surface area (Å²) in [7, 11) is 1.12. The minimum Gasteiger partial charge on any atom is -0.480 e. The summed E-state index contributed by atoms with van der Waals surface area (Å²) < 4.78 is 4.91. The summed E-state index contributed by atoms with van der Waals surface area (Å²) in [6, 6.07) is -2.23. The van der Waals surface area contributed by atoms with Gasteiger partial charge in [-0.1, -0.05) is 32.9 Å². The molecule has 6 atom stereocenters. The first-order valence-electron chi connectivity index (χ1n) is 8.47. The van der Waals surface area contributed by atoms with Crippen LogP contribution in [0.25, 0.3) is 0 Å². The van der Waals surface area contributed by atoms with Crippen LogP contribution in [-0.4, -0.2) is 81.8 Å². The van der Waals surface area contributed by atoms with Gasteiger partial charge in [-0.25, -0.2) is 4.79 Å². The Morgan fingerprint density at radius 1 is 1.26 bits per heavy atom. The molecular formula is C17H28N2O8. The Morgan fingerprint density at radius 2 is 1.85 bits per heavy atom. The molecule has 1 saturated heterocycles. The second-order valence-electron chi connectivity index (χ2n) is 7.55. The van der Waals surface area contributed by atoms with E-state index in [1.54, 1.807) is 6.08 Å². The molecule has 0 bridgehead atoms. The van der Waals surface area contributed by atoms with Crippen LogP contribution in [0.1, 0.15) is 27.2 Å². The molecule has 0 aromatic heterocycles. The van der Waals surface area contributed by atoms with Gasteiger partial charge in [-0.3, -0.25) is 9.59 Å². The van der Waals surface area contributed by atoms with Crippen LogP contribution in [-0.2, 0) is 19.1 Å². The number of ether oxygens (including phenoxy) is 1. The molecule has 27 heavy (non-hydrogen) atoms. The van der Waals surface area contributed by atoms with Gasteiger partial charge in [-0.05, 0) is 5.41 Å². The maximum absolute atomic E-state index is 12.3. The average molecular weight is 388 g/mol. The number of nitrogens with one attached hydrogen (secondary N) is 2. The summed E-state index contributed by atoms with van der Waals surface area (Å²) in [5.41, 5.74) is -0.264. The van der Waals surface area contributed by atoms with Gasteiger partial charge in [0.1, 0.15) is 30.4 Å².